The highest BCUT2D eigenvalue weighted by Gasteiger charge is 2.43. The van der Waals surface area contributed by atoms with E-state index in [1.807, 2.05) is 0 Å². The number of carbonyl (C=O) groups is 1. The van der Waals surface area contributed by atoms with Gasteiger partial charge < -0.3 is 34.6 Å². The van der Waals surface area contributed by atoms with E-state index in [1.54, 1.807) is 48.5 Å². The normalized spacial score (nSPS) is 27.2. The van der Waals surface area contributed by atoms with Crippen LogP contribution < -0.4 is 4.74 Å². The Morgan fingerprint density at radius 3 is 2.36 bits per heavy atom. The van der Waals surface area contributed by atoms with Gasteiger partial charge >= 0.3 is 5.97 Å². The molecule has 0 spiro atoms. The van der Waals surface area contributed by atoms with Gasteiger partial charge in [-0.2, -0.15) is 0 Å². The van der Waals surface area contributed by atoms with Gasteiger partial charge in [-0.15, -0.1) is 0 Å². The van der Waals surface area contributed by atoms with E-state index in [1.165, 1.54) is 7.11 Å². The molecule has 0 unspecified atom stereocenters. The summed E-state index contributed by atoms with van der Waals surface area (Å²) in [7, 11) is 1.30. The highest BCUT2D eigenvalue weighted by molar-refractivity contribution is 5.89. The number of hydrogen-bond acceptors (Lipinski definition) is 8. The SMILES string of the molecule is COC(=O)c1ccc(Oc2cccc([C@H]3O[C@H](CO)[C@@H](O)[C@H](O)[C@H]3O)c2)cc1. The Balaban J connectivity index is 1.77. The smallest absolute Gasteiger partial charge is 0.337 e. The zero-order valence-corrected chi connectivity index (χ0v) is 15.1. The van der Waals surface area contributed by atoms with E-state index in [-0.39, 0.29) is 0 Å². The summed E-state index contributed by atoms with van der Waals surface area (Å²) in [6.07, 6.45) is -6.16. The first-order chi connectivity index (χ1) is 13.4. The Morgan fingerprint density at radius 2 is 1.71 bits per heavy atom. The molecule has 1 aliphatic rings. The van der Waals surface area contributed by atoms with Crippen LogP contribution >= 0.6 is 0 Å². The third kappa shape index (κ3) is 4.16. The molecule has 4 N–H and O–H groups in total. The van der Waals surface area contributed by atoms with Gasteiger partial charge in [0.25, 0.3) is 0 Å². The van der Waals surface area contributed by atoms with Gasteiger partial charge in [0.15, 0.2) is 0 Å². The summed E-state index contributed by atoms with van der Waals surface area (Å²) < 4.78 is 16.0. The number of rotatable bonds is 5. The van der Waals surface area contributed by atoms with E-state index in [9.17, 15) is 25.2 Å². The molecule has 1 fully saturated rings. The van der Waals surface area contributed by atoms with E-state index in [0.29, 0.717) is 22.6 Å². The Bertz CT molecular complexity index is 804. The van der Waals surface area contributed by atoms with Gasteiger partial charge in [0.1, 0.15) is 42.0 Å². The lowest BCUT2D eigenvalue weighted by Crippen LogP contribution is -2.55. The molecule has 0 aliphatic carbocycles. The second kappa shape index (κ2) is 8.68. The maximum atomic E-state index is 11.5. The second-order valence-electron chi connectivity index (χ2n) is 6.44. The third-order valence-corrected chi connectivity index (χ3v) is 4.59. The molecule has 2 aromatic rings. The summed E-state index contributed by atoms with van der Waals surface area (Å²) in [5, 5.41) is 39.4. The molecular formula is C20H22O8. The molecule has 2 aromatic carbocycles. The second-order valence-corrected chi connectivity index (χ2v) is 6.44. The molecule has 8 heteroatoms. The lowest BCUT2D eigenvalue weighted by Gasteiger charge is -2.40. The Hall–Kier alpha value is -2.49. The first kappa shape index (κ1) is 20.2. The number of carbonyl (C=O) groups excluding carboxylic acids is 1. The summed E-state index contributed by atoms with van der Waals surface area (Å²) in [6.45, 7) is -0.496. The fourth-order valence-corrected chi connectivity index (χ4v) is 3.05. The number of esters is 1. The molecule has 28 heavy (non-hydrogen) atoms. The Kier molecular flexibility index (Phi) is 6.28. The van der Waals surface area contributed by atoms with Crippen LogP contribution in [0.4, 0.5) is 0 Å². The van der Waals surface area contributed by atoms with Crippen molar-refractivity contribution in [3.8, 4) is 11.5 Å². The van der Waals surface area contributed by atoms with Crippen LogP contribution in [-0.2, 0) is 9.47 Å². The average molecular weight is 390 g/mol. The van der Waals surface area contributed by atoms with Gasteiger partial charge in [0.2, 0.25) is 0 Å². The van der Waals surface area contributed by atoms with Crippen LogP contribution in [0, 0.1) is 0 Å². The lowest BCUT2D eigenvalue weighted by molar-refractivity contribution is -0.231. The maximum absolute atomic E-state index is 11.5. The lowest BCUT2D eigenvalue weighted by atomic mass is 9.91. The topological polar surface area (TPSA) is 126 Å². The minimum Gasteiger partial charge on any atom is -0.465 e. The molecular weight excluding hydrogens is 368 g/mol. The van der Waals surface area contributed by atoms with Crippen LogP contribution in [0.2, 0.25) is 0 Å². The average Bonchev–Trinajstić information content (AvgIpc) is 2.72. The molecule has 0 radical (unpaired) electrons. The van der Waals surface area contributed by atoms with E-state index < -0.39 is 43.1 Å². The molecule has 1 heterocycles. The number of methoxy groups -OCH3 is 1. The monoisotopic (exact) mass is 390 g/mol. The van der Waals surface area contributed by atoms with Crippen LogP contribution in [-0.4, -0.2) is 64.5 Å². The molecule has 3 rings (SSSR count). The number of benzene rings is 2. The first-order valence-corrected chi connectivity index (χ1v) is 8.71. The van der Waals surface area contributed by atoms with Gasteiger partial charge in [-0.1, -0.05) is 12.1 Å². The summed E-state index contributed by atoms with van der Waals surface area (Å²) in [5.41, 5.74) is 0.908. The Labute approximate surface area is 161 Å². The van der Waals surface area contributed by atoms with Crippen LogP contribution in [0.5, 0.6) is 11.5 Å². The van der Waals surface area contributed by atoms with Gasteiger partial charge in [-0.25, -0.2) is 4.79 Å². The number of ether oxygens (including phenoxy) is 3. The van der Waals surface area contributed by atoms with Crippen LogP contribution in [0.1, 0.15) is 22.0 Å². The molecule has 0 aromatic heterocycles. The van der Waals surface area contributed by atoms with Gasteiger partial charge in [-0.05, 0) is 42.0 Å². The first-order valence-electron chi connectivity index (χ1n) is 8.71. The van der Waals surface area contributed by atoms with E-state index in [4.69, 9.17) is 9.47 Å². The fourth-order valence-electron chi connectivity index (χ4n) is 3.05. The van der Waals surface area contributed by atoms with Gasteiger partial charge in [0.05, 0.1) is 19.3 Å². The van der Waals surface area contributed by atoms with Crippen molar-refractivity contribution in [2.45, 2.75) is 30.5 Å². The van der Waals surface area contributed by atoms with Crippen molar-refractivity contribution in [3.63, 3.8) is 0 Å². The number of hydrogen-bond donors (Lipinski definition) is 4. The van der Waals surface area contributed by atoms with Crippen molar-refractivity contribution in [1.29, 1.82) is 0 Å². The summed E-state index contributed by atoms with van der Waals surface area (Å²) >= 11 is 0. The van der Waals surface area contributed by atoms with Crippen molar-refractivity contribution in [3.05, 3.63) is 59.7 Å². The summed E-state index contributed by atoms with van der Waals surface area (Å²) in [6, 6.07) is 13.1. The van der Waals surface area contributed by atoms with E-state index in [0.717, 1.165) is 0 Å². The largest absolute Gasteiger partial charge is 0.465 e. The molecule has 0 amide bonds. The molecule has 150 valence electrons. The molecule has 8 nitrogen and oxygen atoms in total. The minimum absolute atomic E-state index is 0.393. The third-order valence-electron chi connectivity index (χ3n) is 4.59. The van der Waals surface area contributed by atoms with Crippen LogP contribution in [0.25, 0.3) is 0 Å². The molecule has 0 saturated carbocycles. The fraction of sp³-hybridized carbons (Fsp3) is 0.350. The highest BCUT2D eigenvalue weighted by atomic mass is 16.5. The Morgan fingerprint density at radius 1 is 1.00 bits per heavy atom. The maximum Gasteiger partial charge on any atom is 0.337 e. The molecule has 0 bridgehead atoms. The summed E-state index contributed by atoms with van der Waals surface area (Å²) in [4.78, 5) is 11.5. The zero-order valence-electron chi connectivity index (χ0n) is 15.1. The number of aliphatic hydroxyl groups excluding tert-OH is 4. The predicted octanol–water partition coefficient (Wildman–Crippen LogP) is 0.780. The van der Waals surface area contributed by atoms with Gasteiger partial charge in [0, 0.05) is 0 Å². The molecule has 1 aliphatic heterocycles. The van der Waals surface area contributed by atoms with E-state index >= 15 is 0 Å². The number of aliphatic hydroxyl groups is 4. The highest BCUT2D eigenvalue weighted by Crippen LogP contribution is 2.34. The van der Waals surface area contributed by atoms with Crippen molar-refractivity contribution in [2.75, 3.05) is 13.7 Å². The van der Waals surface area contributed by atoms with E-state index in [2.05, 4.69) is 4.74 Å². The van der Waals surface area contributed by atoms with Crippen molar-refractivity contribution >= 4 is 5.97 Å². The molecule has 5 atom stereocenters. The van der Waals surface area contributed by atoms with Crippen molar-refractivity contribution in [1.82, 2.24) is 0 Å². The quantitative estimate of drug-likeness (QED) is 0.552. The van der Waals surface area contributed by atoms with Crippen molar-refractivity contribution in [2.24, 2.45) is 0 Å². The van der Waals surface area contributed by atoms with Gasteiger partial charge in [-0.3, -0.25) is 0 Å². The molecule has 1 saturated heterocycles. The predicted molar refractivity (Wildman–Crippen MR) is 97.0 cm³/mol. The van der Waals surface area contributed by atoms with Crippen LogP contribution in [0.15, 0.2) is 48.5 Å². The zero-order chi connectivity index (χ0) is 20.3. The minimum atomic E-state index is -1.45. The standard InChI is InChI=1S/C20H22O8/c1-26-20(25)11-5-7-13(8-6-11)27-14-4-2-3-12(9-14)19-18(24)17(23)16(22)15(10-21)28-19/h2-9,15-19,21-24H,10H2,1H3/t15-,16-,17+,18-,19-/m1/s1. The van der Waals surface area contributed by atoms with Crippen LogP contribution in [0.3, 0.4) is 0 Å². The summed E-state index contributed by atoms with van der Waals surface area (Å²) in [5.74, 6) is 0.482. The van der Waals surface area contributed by atoms with Crippen molar-refractivity contribution < 1.29 is 39.4 Å².